The lowest BCUT2D eigenvalue weighted by molar-refractivity contribution is -0.140. The molecule has 1 aromatic rings. The SMILES string of the molecule is COC(=O)/C=C/c1ccc(OCCCCCC(=O)OC)cc1. The molecular formula is C17H22O5. The van der Waals surface area contributed by atoms with Crippen molar-refractivity contribution >= 4 is 18.0 Å². The monoisotopic (exact) mass is 306 g/mol. The van der Waals surface area contributed by atoms with Crippen molar-refractivity contribution in [3.05, 3.63) is 35.9 Å². The summed E-state index contributed by atoms with van der Waals surface area (Å²) in [6.45, 7) is 0.610. The third kappa shape index (κ3) is 7.47. The number of benzene rings is 1. The molecule has 0 bridgehead atoms. The minimum atomic E-state index is -0.382. The Kier molecular flexibility index (Phi) is 8.42. The highest BCUT2D eigenvalue weighted by Crippen LogP contribution is 2.14. The molecule has 0 atom stereocenters. The van der Waals surface area contributed by atoms with Crippen LogP contribution in [0.25, 0.3) is 6.08 Å². The predicted octanol–water partition coefficient (Wildman–Crippen LogP) is 2.99. The number of carbonyl (C=O) groups excluding carboxylic acids is 2. The van der Waals surface area contributed by atoms with E-state index in [0.29, 0.717) is 13.0 Å². The minimum absolute atomic E-state index is 0.170. The maximum Gasteiger partial charge on any atom is 0.330 e. The van der Waals surface area contributed by atoms with Crippen LogP contribution in [0.4, 0.5) is 0 Å². The Balaban J connectivity index is 2.23. The predicted molar refractivity (Wildman–Crippen MR) is 83.5 cm³/mol. The molecule has 0 saturated carbocycles. The van der Waals surface area contributed by atoms with E-state index in [1.807, 2.05) is 24.3 Å². The van der Waals surface area contributed by atoms with Crippen molar-refractivity contribution in [1.82, 2.24) is 0 Å². The first-order valence-electron chi connectivity index (χ1n) is 7.21. The molecule has 1 aromatic carbocycles. The third-order valence-electron chi connectivity index (χ3n) is 3.01. The number of unbranched alkanes of at least 4 members (excludes halogenated alkanes) is 2. The molecule has 0 spiro atoms. The van der Waals surface area contributed by atoms with Crippen molar-refractivity contribution in [2.75, 3.05) is 20.8 Å². The van der Waals surface area contributed by atoms with Gasteiger partial charge in [-0.05, 0) is 43.0 Å². The molecule has 0 aromatic heterocycles. The molecule has 22 heavy (non-hydrogen) atoms. The molecule has 0 aliphatic heterocycles. The molecular weight excluding hydrogens is 284 g/mol. The number of methoxy groups -OCH3 is 2. The second-order valence-electron chi connectivity index (χ2n) is 4.66. The van der Waals surface area contributed by atoms with Crippen molar-refractivity contribution in [3.8, 4) is 5.75 Å². The van der Waals surface area contributed by atoms with Gasteiger partial charge in [-0.15, -0.1) is 0 Å². The van der Waals surface area contributed by atoms with Crippen molar-refractivity contribution in [2.24, 2.45) is 0 Å². The van der Waals surface area contributed by atoms with Gasteiger partial charge in [0.25, 0.3) is 0 Å². The lowest BCUT2D eigenvalue weighted by Crippen LogP contribution is -2.01. The summed E-state index contributed by atoms with van der Waals surface area (Å²) < 4.78 is 14.7. The molecule has 0 heterocycles. The Hall–Kier alpha value is -2.30. The van der Waals surface area contributed by atoms with Crippen LogP contribution in [0.15, 0.2) is 30.3 Å². The number of hydrogen-bond donors (Lipinski definition) is 0. The summed E-state index contributed by atoms with van der Waals surface area (Å²) in [6.07, 6.45) is 6.14. The van der Waals surface area contributed by atoms with E-state index in [-0.39, 0.29) is 11.9 Å². The van der Waals surface area contributed by atoms with Gasteiger partial charge in [-0.2, -0.15) is 0 Å². The van der Waals surface area contributed by atoms with Crippen LogP contribution in [0.5, 0.6) is 5.75 Å². The summed E-state index contributed by atoms with van der Waals surface area (Å²) in [5.74, 6) is 0.229. The summed E-state index contributed by atoms with van der Waals surface area (Å²) in [4.78, 5) is 21.9. The fraction of sp³-hybridized carbons (Fsp3) is 0.412. The smallest absolute Gasteiger partial charge is 0.330 e. The highest BCUT2D eigenvalue weighted by molar-refractivity contribution is 5.86. The molecule has 120 valence electrons. The third-order valence-corrected chi connectivity index (χ3v) is 3.01. The van der Waals surface area contributed by atoms with Crippen molar-refractivity contribution < 1.29 is 23.8 Å². The zero-order chi connectivity index (χ0) is 16.2. The van der Waals surface area contributed by atoms with E-state index in [4.69, 9.17) is 4.74 Å². The van der Waals surface area contributed by atoms with E-state index in [0.717, 1.165) is 30.6 Å². The molecule has 0 N–H and O–H groups in total. The molecule has 5 heteroatoms. The Bertz CT molecular complexity index is 490. The van der Waals surface area contributed by atoms with Crippen molar-refractivity contribution in [2.45, 2.75) is 25.7 Å². The average Bonchev–Trinajstić information content (AvgIpc) is 2.56. The van der Waals surface area contributed by atoms with Gasteiger partial charge in [-0.3, -0.25) is 4.79 Å². The van der Waals surface area contributed by atoms with Crippen LogP contribution in [-0.2, 0) is 19.1 Å². The van der Waals surface area contributed by atoms with Gasteiger partial charge in [0, 0.05) is 12.5 Å². The van der Waals surface area contributed by atoms with Gasteiger partial charge in [0.2, 0.25) is 0 Å². The number of esters is 2. The van der Waals surface area contributed by atoms with Crippen molar-refractivity contribution in [3.63, 3.8) is 0 Å². The quantitative estimate of drug-likeness (QED) is 0.399. The summed E-state index contributed by atoms with van der Waals surface area (Å²) >= 11 is 0. The maximum atomic E-state index is 11.0. The zero-order valence-electron chi connectivity index (χ0n) is 13.0. The standard InChI is InChI=1S/C17H22O5/c1-20-16(18)6-4-3-5-13-22-15-10-7-14(8-11-15)9-12-17(19)21-2/h7-12H,3-6,13H2,1-2H3/b12-9+. The molecule has 0 amide bonds. The molecule has 0 aliphatic carbocycles. The minimum Gasteiger partial charge on any atom is -0.494 e. The number of ether oxygens (including phenoxy) is 3. The van der Waals surface area contributed by atoms with E-state index in [1.54, 1.807) is 6.08 Å². The first-order valence-corrected chi connectivity index (χ1v) is 7.21. The highest BCUT2D eigenvalue weighted by atomic mass is 16.5. The fourth-order valence-electron chi connectivity index (χ4n) is 1.75. The van der Waals surface area contributed by atoms with Gasteiger partial charge in [0.15, 0.2) is 0 Å². The topological polar surface area (TPSA) is 61.8 Å². The van der Waals surface area contributed by atoms with Gasteiger partial charge in [-0.25, -0.2) is 4.79 Å². The van der Waals surface area contributed by atoms with E-state index >= 15 is 0 Å². The highest BCUT2D eigenvalue weighted by Gasteiger charge is 2.00. The van der Waals surface area contributed by atoms with Gasteiger partial charge < -0.3 is 14.2 Å². The Morgan fingerprint density at radius 2 is 1.73 bits per heavy atom. The molecule has 0 unspecified atom stereocenters. The van der Waals surface area contributed by atoms with Crippen LogP contribution in [0.3, 0.4) is 0 Å². The van der Waals surface area contributed by atoms with Crippen LogP contribution in [0, 0.1) is 0 Å². The summed E-state index contributed by atoms with van der Waals surface area (Å²) in [7, 11) is 2.74. The van der Waals surface area contributed by atoms with Gasteiger partial charge >= 0.3 is 11.9 Å². The Morgan fingerprint density at radius 3 is 2.36 bits per heavy atom. The lowest BCUT2D eigenvalue weighted by atomic mass is 10.2. The lowest BCUT2D eigenvalue weighted by Gasteiger charge is -2.06. The van der Waals surface area contributed by atoms with Gasteiger partial charge in [0.05, 0.1) is 20.8 Å². The molecule has 0 saturated heterocycles. The molecule has 0 radical (unpaired) electrons. The Morgan fingerprint density at radius 1 is 1.00 bits per heavy atom. The number of hydrogen-bond acceptors (Lipinski definition) is 5. The normalized spacial score (nSPS) is 10.5. The van der Waals surface area contributed by atoms with E-state index < -0.39 is 0 Å². The summed E-state index contributed by atoms with van der Waals surface area (Å²) in [5, 5.41) is 0. The number of carbonyl (C=O) groups is 2. The van der Waals surface area contributed by atoms with Crippen molar-refractivity contribution in [1.29, 1.82) is 0 Å². The summed E-state index contributed by atoms with van der Waals surface area (Å²) in [6, 6.07) is 7.44. The second-order valence-corrected chi connectivity index (χ2v) is 4.66. The first kappa shape index (κ1) is 17.8. The molecule has 5 nitrogen and oxygen atoms in total. The molecule has 0 aliphatic rings. The van der Waals surface area contributed by atoms with Crippen LogP contribution in [0.2, 0.25) is 0 Å². The molecule has 0 fully saturated rings. The zero-order valence-corrected chi connectivity index (χ0v) is 13.0. The number of rotatable bonds is 9. The maximum absolute atomic E-state index is 11.0. The fourth-order valence-corrected chi connectivity index (χ4v) is 1.75. The van der Waals surface area contributed by atoms with E-state index in [1.165, 1.54) is 20.3 Å². The van der Waals surface area contributed by atoms with Crippen LogP contribution < -0.4 is 4.74 Å². The second kappa shape index (κ2) is 10.4. The first-order chi connectivity index (χ1) is 10.7. The Labute approximate surface area is 130 Å². The van der Waals surface area contributed by atoms with Gasteiger partial charge in [0.1, 0.15) is 5.75 Å². The van der Waals surface area contributed by atoms with Crippen LogP contribution in [-0.4, -0.2) is 32.8 Å². The van der Waals surface area contributed by atoms with Crippen LogP contribution >= 0.6 is 0 Å². The summed E-state index contributed by atoms with van der Waals surface area (Å²) in [5.41, 5.74) is 0.899. The van der Waals surface area contributed by atoms with Gasteiger partial charge in [-0.1, -0.05) is 12.1 Å². The van der Waals surface area contributed by atoms with E-state index in [2.05, 4.69) is 9.47 Å². The van der Waals surface area contributed by atoms with E-state index in [9.17, 15) is 9.59 Å². The largest absolute Gasteiger partial charge is 0.494 e. The van der Waals surface area contributed by atoms with Crippen LogP contribution in [0.1, 0.15) is 31.2 Å². The molecule has 1 rings (SSSR count). The average molecular weight is 306 g/mol.